The van der Waals surface area contributed by atoms with Crippen LogP contribution in [0.5, 0.6) is 0 Å². The first-order chi connectivity index (χ1) is 9.70. The Morgan fingerprint density at radius 3 is 2.85 bits per heavy atom. The monoisotopic (exact) mass is 280 g/mol. The fourth-order valence-electron chi connectivity index (χ4n) is 2.78. The lowest BCUT2D eigenvalue weighted by atomic mass is 9.97. The van der Waals surface area contributed by atoms with E-state index in [4.69, 9.17) is 4.42 Å². The highest BCUT2D eigenvalue weighted by molar-refractivity contribution is 5.20. The zero-order chi connectivity index (χ0) is 14.4. The number of rotatable bonds is 6. The van der Waals surface area contributed by atoms with E-state index in [0.29, 0.717) is 23.9 Å². The number of aromatic nitrogens is 2. The zero-order valence-corrected chi connectivity index (χ0v) is 13.0. The van der Waals surface area contributed by atoms with E-state index in [2.05, 4.69) is 41.6 Å². The number of hydrogen-bond donors (Lipinski definition) is 2. The van der Waals surface area contributed by atoms with Crippen LogP contribution in [0.3, 0.4) is 0 Å². The van der Waals surface area contributed by atoms with E-state index in [0.717, 1.165) is 13.0 Å². The molecule has 2 N–H and O–H groups in total. The second kappa shape index (κ2) is 7.62. The van der Waals surface area contributed by atoms with Crippen molar-refractivity contribution in [1.82, 2.24) is 15.5 Å². The molecule has 0 bridgehead atoms. The molecule has 1 aromatic rings. The van der Waals surface area contributed by atoms with Crippen LogP contribution < -0.4 is 10.6 Å². The number of nitrogens with one attached hydrogen (secondary N) is 2. The quantitative estimate of drug-likeness (QED) is 0.781. The summed E-state index contributed by atoms with van der Waals surface area (Å²) in [5, 5.41) is 15.1. The highest BCUT2D eigenvalue weighted by Crippen LogP contribution is 2.26. The summed E-state index contributed by atoms with van der Waals surface area (Å²) in [6.45, 7) is 7.48. The molecule has 2 rings (SSSR count). The van der Waals surface area contributed by atoms with Crippen LogP contribution >= 0.6 is 0 Å². The van der Waals surface area contributed by atoms with E-state index in [1.807, 2.05) is 0 Å². The molecular formula is C15H28N4O. The summed E-state index contributed by atoms with van der Waals surface area (Å²) in [5.74, 6) is 1.34. The van der Waals surface area contributed by atoms with Crippen LogP contribution in [0.25, 0.3) is 0 Å². The molecule has 1 saturated carbocycles. The van der Waals surface area contributed by atoms with Crippen LogP contribution in [0.2, 0.25) is 0 Å². The zero-order valence-electron chi connectivity index (χ0n) is 13.0. The van der Waals surface area contributed by atoms with Gasteiger partial charge in [0.1, 0.15) is 0 Å². The molecule has 0 amide bonds. The van der Waals surface area contributed by atoms with Gasteiger partial charge in [0.05, 0.1) is 6.04 Å². The van der Waals surface area contributed by atoms with Gasteiger partial charge in [-0.05, 0) is 38.6 Å². The molecule has 1 aliphatic carbocycles. The number of hydrogen-bond acceptors (Lipinski definition) is 5. The summed E-state index contributed by atoms with van der Waals surface area (Å²) < 4.78 is 5.74. The molecule has 0 spiro atoms. The molecule has 0 aliphatic heterocycles. The molecule has 3 unspecified atom stereocenters. The van der Waals surface area contributed by atoms with Crippen LogP contribution in [-0.4, -0.2) is 22.8 Å². The Balaban J connectivity index is 1.91. The second-order valence-corrected chi connectivity index (χ2v) is 5.99. The average Bonchev–Trinajstić information content (AvgIpc) is 2.82. The van der Waals surface area contributed by atoms with Gasteiger partial charge in [0.15, 0.2) is 0 Å². The van der Waals surface area contributed by atoms with Crippen molar-refractivity contribution in [2.75, 3.05) is 11.9 Å². The van der Waals surface area contributed by atoms with Crippen molar-refractivity contribution in [3.8, 4) is 0 Å². The normalized spacial score (nSPS) is 25.1. The van der Waals surface area contributed by atoms with Crippen LogP contribution in [0, 0.1) is 5.92 Å². The van der Waals surface area contributed by atoms with E-state index in [1.54, 1.807) is 0 Å². The Labute approximate surface area is 121 Å². The Hall–Kier alpha value is -1.10. The van der Waals surface area contributed by atoms with Gasteiger partial charge in [0, 0.05) is 6.04 Å². The Kier molecular flexibility index (Phi) is 5.83. The smallest absolute Gasteiger partial charge is 0.315 e. The highest BCUT2D eigenvalue weighted by Gasteiger charge is 2.22. The van der Waals surface area contributed by atoms with Gasteiger partial charge in [-0.1, -0.05) is 38.2 Å². The molecule has 3 atom stereocenters. The van der Waals surface area contributed by atoms with Crippen LogP contribution in [-0.2, 0) is 0 Å². The molecule has 1 heterocycles. The number of anilines is 1. The third kappa shape index (κ3) is 4.20. The van der Waals surface area contributed by atoms with Crippen molar-refractivity contribution < 1.29 is 4.42 Å². The number of nitrogens with zero attached hydrogens (tertiary/aromatic N) is 2. The van der Waals surface area contributed by atoms with E-state index in [-0.39, 0.29) is 6.04 Å². The third-order valence-electron chi connectivity index (χ3n) is 4.18. The van der Waals surface area contributed by atoms with Crippen LogP contribution in [0.15, 0.2) is 4.42 Å². The third-order valence-corrected chi connectivity index (χ3v) is 4.18. The van der Waals surface area contributed by atoms with Gasteiger partial charge in [-0.3, -0.25) is 0 Å². The molecule has 1 aliphatic rings. The van der Waals surface area contributed by atoms with Crippen molar-refractivity contribution >= 4 is 6.01 Å². The summed E-state index contributed by atoms with van der Waals surface area (Å²) in [5.41, 5.74) is 0. The Morgan fingerprint density at radius 2 is 2.05 bits per heavy atom. The fourth-order valence-corrected chi connectivity index (χ4v) is 2.78. The summed E-state index contributed by atoms with van der Waals surface area (Å²) in [7, 11) is 0. The molecule has 0 radical (unpaired) electrons. The van der Waals surface area contributed by atoms with Gasteiger partial charge >= 0.3 is 6.01 Å². The summed E-state index contributed by atoms with van der Waals surface area (Å²) >= 11 is 0. The first-order valence-corrected chi connectivity index (χ1v) is 8.04. The lowest BCUT2D eigenvalue weighted by Gasteiger charge is -2.21. The average molecular weight is 280 g/mol. The van der Waals surface area contributed by atoms with Crippen LogP contribution in [0.1, 0.15) is 71.2 Å². The second-order valence-electron chi connectivity index (χ2n) is 5.99. The minimum Gasteiger partial charge on any atom is -0.406 e. The van der Waals surface area contributed by atoms with E-state index < -0.39 is 0 Å². The van der Waals surface area contributed by atoms with Crippen molar-refractivity contribution in [2.24, 2.45) is 5.92 Å². The SMILES string of the molecule is CCCNC(C)c1nnc(NC2CCCCCC2C)o1. The fraction of sp³-hybridized carbons (Fsp3) is 0.867. The molecule has 0 aromatic carbocycles. The minimum absolute atomic E-state index is 0.115. The molecule has 0 saturated heterocycles. The van der Waals surface area contributed by atoms with Gasteiger partial charge in [-0.15, -0.1) is 5.10 Å². The first-order valence-electron chi connectivity index (χ1n) is 8.04. The maximum Gasteiger partial charge on any atom is 0.315 e. The predicted molar refractivity (Wildman–Crippen MR) is 80.7 cm³/mol. The molecule has 1 aromatic heterocycles. The standard InChI is InChI=1S/C15H28N4O/c1-4-10-16-12(3)14-18-19-15(20-14)17-13-9-7-5-6-8-11(13)2/h11-13,16H,4-10H2,1-3H3,(H,17,19). The van der Waals surface area contributed by atoms with Gasteiger partial charge in [0.2, 0.25) is 5.89 Å². The summed E-state index contributed by atoms with van der Waals surface area (Å²) in [4.78, 5) is 0. The molecular weight excluding hydrogens is 252 g/mol. The van der Waals surface area contributed by atoms with Crippen molar-refractivity contribution in [3.05, 3.63) is 5.89 Å². The van der Waals surface area contributed by atoms with Gasteiger partial charge < -0.3 is 15.1 Å². The Morgan fingerprint density at radius 1 is 1.25 bits per heavy atom. The van der Waals surface area contributed by atoms with Crippen molar-refractivity contribution in [2.45, 2.75) is 71.4 Å². The summed E-state index contributed by atoms with van der Waals surface area (Å²) in [6, 6.07) is 1.15. The summed E-state index contributed by atoms with van der Waals surface area (Å²) in [6.07, 6.45) is 7.55. The van der Waals surface area contributed by atoms with E-state index >= 15 is 0 Å². The van der Waals surface area contributed by atoms with Crippen molar-refractivity contribution in [1.29, 1.82) is 0 Å². The molecule has 5 nitrogen and oxygen atoms in total. The lowest BCUT2D eigenvalue weighted by molar-refractivity contribution is 0.406. The maximum absolute atomic E-state index is 5.74. The first kappa shape index (κ1) is 15.3. The van der Waals surface area contributed by atoms with Gasteiger partial charge in [-0.25, -0.2) is 0 Å². The molecule has 114 valence electrons. The highest BCUT2D eigenvalue weighted by atomic mass is 16.4. The van der Waals surface area contributed by atoms with Gasteiger partial charge in [0.25, 0.3) is 0 Å². The van der Waals surface area contributed by atoms with Gasteiger partial charge in [-0.2, -0.15) is 0 Å². The molecule has 20 heavy (non-hydrogen) atoms. The molecule has 1 fully saturated rings. The lowest BCUT2D eigenvalue weighted by Crippen LogP contribution is -2.26. The topological polar surface area (TPSA) is 63.0 Å². The van der Waals surface area contributed by atoms with Crippen molar-refractivity contribution in [3.63, 3.8) is 0 Å². The predicted octanol–water partition coefficient (Wildman–Crippen LogP) is 3.51. The largest absolute Gasteiger partial charge is 0.406 e. The minimum atomic E-state index is 0.115. The van der Waals surface area contributed by atoms with E-state index in [1.165, 1.54) is 32.1 Å². The molecule has 5 heteroatoms. The van der Waals surface area contributed by atoms with Crippen LogP contribution in [0.4, 0.5) is 6.01 Å². The van der Waals surface area contributed by atoms with E-state index in [9.17, 15) is 0 Å². The Bertz CT molecular complexity index is 393. The maximum atomic E-state index is 5.74.